The molecule has 0 aliphatic carbocycles. The van der Waals surface area contributed by atoms with Crippen molar-refractivity contribution in [2.24, 2.45) is 0 Å². The van der Waals surface area contributed by atoms with Gasteiger partial charge in [-0.15, -0.1) is 0 Å². The minimum atomic E-state index is -0.786. The molecule has 2 heteroatoms. The molecule has 2 nitrogen and oxygen atoms in total. The van der Waals surface area contributed by atoms with E-state index in [4.69, 9.17) is 0 Å². The normalized spacial score (nSPS) is 13.9. The van der Waals surface area contributed by atoms with Gasteiger partial charge in [-0.05, 0) is 22.3 Å². The Kier molecular flexibility index (Phi) is 6.15. The molecule has 0 aromatic heterocycles. The van der Waals surface area contributed by atoms with Gasteiger partial charge in [0.15, 0.2) is 0 Å². The second-order valence-electron chi connectivity index (χ2n) is 6.06. The standard InChI is InChI=1S/C24H22O2/c25-23(17-15-19-9-3-1-4-10-19)21-13-7-8-14-22(21)24(26)18-16-20-11-5-2-6-12-20/h1-18,23-26H/b17-15+,18-16+. The average Bonchev–Trinajstić information content (AvgIpc) is 2.72. The fraction of sp³-hybridized carbons (Fsp3) is 0.0833. The van der Waals surface area contributed by atoms with Gasteiger partial charge in [-0.1, -0.05) is 109 Å². The molecule has 3 aromatic carbocycles. The predicted octanol–water partition coefficient (Wildman–Crippen LogP) is 5.18. The minimum Gasteiger partial charge on any atom is -0.384 e. The van der Waals surface area contributed by atoms with E-state index < -0.39 is 12.2 Å². The second-order valence-corrected chi connectivity index (χ2v) is 6.06. The van der Waals surface area contributed by atoms with Crippen molar-refractivity contribution in [3.8, 4) is 0 Å². The van der Waals surface area contributed by atoms with Crippen molar-refractivity contribution in [2.75, 3.05) is 0 Å². The van der Waals surface area contributed by atoms with Crippen molar-refractivity contribution in [2.45, 2.75) is 12.2 Å². The maximum Gasteiger partial charge on any atom is 0.0978 e. The van der Waals surface area contributed by atoms with Crippen LogP contribution in [0.4, 0.5) is 0 Å². The molecule has 0 heterocycles. The Morgan fingerprint density at radius 1 is 0.500 bits per heavy atom. The number of aliphatic hydroxyl groups excluding tert-OH is 2. The lowest BCUT2D eigenvalue weighted by Crippen LogP contribution is -2.03. The Morgan fingerprint density at radius 2 is 0.846 bits per heavy atom. The first kappa shape index (κ1) is 17.9. The molecule has 2 N–H and O–H groups in total. The molecule has 0 bridgehead atoms. The largest absolute Gasteiger partial charge is 0.384 e. The van der Waals surface area contributed by atoms with Crippen molar-refractivity contribution in [1.82, 2.24) is 0 Å². The van der Waals surface area contributed by atoms with Crippen LogP contribution in [0.25, 0.3) is 12.2 Å². The van der Waals surface area contributed by atoms with E-state index in [0.717, 1.165) is 11.1 Å². The van der Waals surface area contributed by atoms with Gasteiger partial charge in [0.1, 0.15) is 0 Å². The van der Waals surface area contributed by atoms with E-state index in [9.17, 15) is 10.2 Å². The second kappa shape index (κ2) is 8.95. The number of benzene rings is 3. The maximum absolute atomic E-state index is 10.6. The average molecular weight is 342 g/mol. The third-order valence-electron chi connectivity index (χ3n) is 4.17. The smallest absolute Gasteiger partial charge is 0.0978 e. The molecular weight excluding hydrogens is 320 g/mol. The minimum absolute atomic E-state index is 0.699. The molecule has 0 spiro atoms. The van der Waals surface area contributed by atoms with Gasteiger partial charge in [-0.25, -0.2) is 0 Å². The van der Waals surface area contributed by atoms with Crippen molar-refractivity contribution in [3.63, 3.8) is 0 Å². The summed E-state index contributed by atoms with van der Waals surface area (Å²) in [5.74, 6) is 0. The lowest BCUT2D eigenvalue weighted by atomic mass is 9.97. The van der Waals surface area contributed by atoms with Crippen LogP contribution >= 0.6 is 0 Å². The van der Waals surface area contributed by atoms with Crippen LogP contribution in [0.15, 0.2) is 97.1 Å². The lowest BCUT2D eigenvalue weighted by molar-refractivity contribution is 0.206. The monoisotopic (exact) mass is 342 g/mol. The lowest BCUT2D eigenvalue weighted by Gasteiger charge is -2.15. The van der Waals surface area contributed by atoms with E-state index in [1.54, 1.807) is 12.2 Å². The van der Waals surface area contributed by atoms with Crippen LogP contribution in [0.5, 0.6) is 0 Å². The molecule has 2 atom stereocenters. The summed E-state index contributed by atoms with van der Waals surface area (Å²) in [6.07, 6.45) is 5.67. The molecule has 0 saturated carbocycles. The Bertz CT molecular complexity index is 792. The molecule has 0 aliphatic heterocycles. The highest BCUT2D eigenvalue weighted by atomic mass is 16.3. The van der Waals surface area contributed by atoms with Gasteiger partial charge in [-0.3, -0.25) is 0 Å². The molecule has 0 amide bonds. The maximum atomic E-state index is 10.6. The first-order chi connectivity index (χ1) is 12.7. The van der Waals surface area contributed by atoms with Crippen LogP contribution in [0.3, 0.4) is 0 Å². The van der Waals surface area contributed by atoms with Gasteiger partial charge in [-0.2, -0.15) is 0 Å². The van der Waals surface area contributed by atoms with Crippen molar-refractivity contribution in [1.29, 1.82) is 0 Å². The zero-order chi connectivity index (χ0) is 18.2. The fourth-order valence-electron chi connectivity index (χ4n) is 2.79. The quantitative estimate of drug-likeness (QED) is 0.648. The molecule has 0 aliphatic rings. The Morgan fingerprint density at radius 3 is 1.23 bits per heavy atom. The van der Waals surface area contributed by atoms with E-state index in [1.807, 2.05) is 97.1 Å². The van der Waals surface area contributed by atoms with E-state index >= 15 is 0 Å². The molecule has 130 valence electrons. The summed E-state index contributed by atoms with van der Waals surface area (Å²) in [6, 6.07) is 27.1. The van der Waals surface area contributed by atoms with Gasteiger partial charge >= 0.3 is 0 Å². The van der Waals surface area contributed by atoms with Crippen molar-refractivity contribution >= 4 is 12.2 Å². The molecule has 2 unspecified atom stereocenters. The van der Waals surface area contributed by atoms with E-state index in [1.165, 1.54) is 0 Å². The first-order valence-electron chi connectivity index (χ1n) is 8.65. The summed E-state index contributed by atoms with van der Waals surface area (Å²) in [7, 11) is 0. The number of hydrogen-bond acceptors (Lipinski definition) is 2. The van der Waals surface area contributed by atoms with E-state index in [2.05, 4.69) is 0 Å². The van der Waals surface area contributed by atoms with Crippen LogP contribution < -0.4 is 0 Å². The highest BCUT2D eigenvalue weighted by Gasteiger charge is 2.14. The summed E-state index contributed by atoms with van der Waals surface area (Å²) < 4.78 is 0. The van der Waals surface area contributed by atoms with Gasteiger partial charge in [0.2, 0.25) is 0 Å². The number of hydrogen-bond donors (Lipinski definition) is 2. The summed E-state index contributed by atoms with van der Waals surface area (Å²) >= 11 is 0. The highest BCUT2D eigenvalue weighted by Crippen LogP contribution is 2.26. The van der Waals surface area contributed by atoms with Crippen LogP contribution in [0, 0.1) is 0 Å². The van der Waals surface area contributed by atoms with Gasteiger partial charge < -0.3 is 10.2 Å². The summed E-state index contributed by atoms with van der Waals surface area (Å²) in [5, 5.41) is 21.1. The van der Waals surface area contributed by atoms with Crippen LogP contribution in [0.2, 0.25) is 0 Å². The number of rotatable bonds is 6. The topological polar surface area (TPSA) is 40.5 Å². The zero-order valence-electron chi connectivity index (χ0n) is 14.4. The van der Waals surface area contributed by atoms with E-state index in [0.29, 0.717) is 11.1 Å². The summed E-state index contributed by atoms with van der Waals surface area (Å²) in [5.41, 5.74) is 3.44. The predicted molar refractivity (Wildman–Crippen MR) is 107 cm³/mol. The molecule has 3 rings (SSSR count). The molecule has 0 saturated heterocycles. The first-order valence-corrected chi connectivity index (χ1v) is 8.65. The SMILES string of the molecule is OC(/C=C/c1ccccc1)c1ccccc1C(O)/C=C/c1ccccc1. The Balaban J connectivity index is 1.79. The highest BCUT2D eigenvalue weighted by molar-refractivity contribution is 5.52. The third kappa shape index (κ3) is 4.79. The van der Waals surface area contributed by atoms with Gasteiger partial charge in [0, 0.05) is 0 Å². The van der Waals surface area contributed by atoms with Crippen LogP contribution in [-0.4, -0.2) is 10.2 Å². The number of aliphatic hydroxyl groups is 2. The molecule has 3 aromatic rings. The summed E-state index contributed by atoms with van der Waals surface area (Å²) in [6.45, 7) is 0. The fourth-order valence-corrected chi connectivity index (χ4v) is 2.79. The Labute approximate surface area is 154 Å². The molecule has 0 radical (unpaired) electrons. The van der Waals surface area contributed by atoms with Gasteiger partial charge in [0.25, 0.3) is 0 Å². The molecular formula is C24H22O2. The van der Waals surface area contributed by atoms with Crippen molar-refractivity contribution in [3.05, 3.63) is 119 Å². The van der Waals surface area contributed by atoms with E-state index in [-0.39, 0.29) is 0 Å². The van der Waals surface area contributed by atoms with Crippen LogP contribution in [-0.2, 0) is 0 Å². The van der Waals surface area contributed by atoms with Gasteiger partial charge in [0.05, 0.1) is 12.2 Å². The van der Waals surface area contributed by atoms with Crippen molar-refractivity contribution < 1.29 is 10.2 Å². The Hall–Kier alpha value is -2.94. The third-order valence-corrected chi connectivity index (χ3v) is 4.17. The molecule has 0 fully saturated rings. The zero-order valence-corrected chi connectivity index (χ0v) is 14.4. The molecule has 26 heavy (non-hydrogen) atoms. The van der Waals surface area contributed by atoms with Crippen LogP contribution in [0.1, 0.15) is 34.5 Å². The summed E-state index contributed by atoms with van der Waals surface area (Å²) in [4.78, 5) is 0.